The summed E-state index contributed by atoms with van der Waals surface area (Å²) in [6.07, 6.45) is 7.04. The van der Waals surface area contributed by atoms with Crippen molar-refractivity contribution in [3.05, 3.63) is 0 Å². The third kappa shape index (κ3) is 2.92. The van der Waals surface area contributed by atoms with E-state index in [2.05, 4.69) is 5.32 Å². The molecule has 0 saturated carbocycles. The monoisotopic (exact) mass is 242 g/mol. The molecule has 1 atom stereocenters. The van der Waals surface area contributed by atoms with Crippen LogP contribution in [-0.4, -0.2) is 48.5 Å². The van der Waals surface area contributed by atoms with Gasteiger partial charge in [0.2, 0.25) is 5.91 Å². The minimum absolute atomic E-state index is 0.324. The van der Waals surface area contributed by atoms with Crippen molar-refractivity contribution in [3.63, 3.8) is 0 Å². The topological polar surface area (TPSA) is 32.3 Å². The number of piperidine rings is 1. The van der Waals surface area contributed by atoms with Crippen LogP contribution >= 0.6 is 11.8 Å². The lowest BCUT2D eigenvalue weighted by Crippen LogP contribution is -2.43. The third-order valence-electron chi connectivity index (χ3n) is 3.83. The fraction of sp³-hybridized carbons (Fsp3) is 0.917. The van der Waals surface area contributed by atoms with E-state index in [-0.39, 0.29) is 0 Å². The summed E-state index contributed by atoms with van der Waals surface area (Å²) in [4.78, 5) is 13.8. The molecule has 0 bridgehead atoms. The largest absolute Gasteiger partial charge is 0.342 e. The first kappa shape index (κ1) is 12.2. The number of hydrogen-bond donors (Lipinski definition) is 1. The van der Waals surface area contributed by atoms with E-state index < -0.39 is 0 Å². The SMILES string of the molecule is CSCC(=O)N1CCC(C2CCCN2)CC1. The molecule has 2 aliphatic rings. The van der Waals surface area contributed by atoms with Crippen molar-refractivity contribution in [1.82, 2.24) is 10.2 Å². The molecule has 0 aromatic heterocycles. The molecule has 0 aromatic rings. The maximum absolute atomic E-state index is 11.7. The Bertz CT molecular complexity index is 233. The highest BCUT2D eigenvalue weighted by Gasteiger charge is 2.29. The smallest absolute Gasteiger partial charge is 0.232 e. The van der Waals surface area contributed by atoms with Gasteiger partial charge in [-0.1, -0.05) is 0 Å². The van der Waals surface area contributed by atoms with Gasteiger partial charge in [0.1, 0.15) is 0 Å². The minimum Gasteiger partial charge on any atom is -0.342 e. The molecule has 16 heavy (non-hydrogen) atoms. The van der Waals surface area contributed by atoms with Gasteiger partial charge >= 0.3 is 0 Å². The number of carbonyl (C=O) groups is 1. The normalized spacial score (nSPS) is 27.3. The average Bonchev–Trinajstić information content (AvgIpc) is 2.83. The van der Waals surface area contributed by atoms with Gasteiger partial charge in [-0.05, 0) is 44.4 Å². The molecule has 2 fully saturated rings. The molecule has 4 heteroatoms. The molecule has 2 saturated heterocycles. The van der Waals surface area contributed by atoms with Gasteiger partial charge in [0.25, 0.3) is 0 Å². The van der Waals surface area contributed by atoms with E-state index >= 15 is 0 Å². The molecule has 0 radical (unpaired) electrons. The lowest BCUT2D eigenvalue weighted by Gasteiger charge is -2.34. The molecule has 0 aromatic carbocycles. The van der Waals surface area contributed by atoms with Gasteiger partial charge in [0.05, 0.1) is 5.75 Å². The number of nitrogens with one attached hydrogen (secondary N) is 1. The zero-order valence-electron chi connectivity index (χ0n) is 10.1. The van der Waals surface area contributed by atoms with Crippen LogP contribution in [0.1, 0.15) is 25.7 Å². The summed E-state index contributed by atoms with van der Waals surface area (Å²) in [5, 5.41) is 3.59. The van der Waals surface area contributed by atoms with Gasteiger partial charge in [-0.25, -0.2) is 0 Å². The van der Waals surface area contributed by atoms with Crippen molar-refractivity contribution in [2.45, 2.75) is 31.7 Å². The molecular formula is C12H22N2OS. The van der Waals surface area contributed by atoms with Gasteiger partial charge in [0, 0.05) is 19.1 Å². The summed E-state index contributed by atoms with van der Waals surface area (Å²) in [6.45, 7) is 3.14. The van der Waals surface area contributed by atoms with Crippen molar-refractivity contribution < 1.29 is 4.79 Å². The lowest BCUT2D eigenvalue weighted by molar-refractivity contribution is -0.129. The summed E-state index contributed by atoms with van der Waals surface area (Å²) in [5.74, 6) is 1.78. The predicted octanol–water partition coefficient (Wildman–Crippen LogP) is 1.34. The van der Waals surface area contributed by atoms with Crippen LogP contribution in [-0.2, 0) is 4.79 Å². The number of thioether (sulfide) groups is 1. The highest BCUT2D eigenvalue weighted by Crippen LogP contribution is 2.25. The predicted molar refractivity (Wildman–Crippen MR) is 68.7 cm³/mol. The van der Waals surface area contributed by atoms with Gasteiger partial charge < -0.3 is 10.2 Å². The third-order valence-corrected chi connectivity index (χ3v) is 4.36. The van der Waals surface area contributed by atoms with E-state index in [1.807, 2.05) is 11.2 Å². The summed E-state index contributed by atoms with van der Waals surface area (Å²) in [6, 6.07) is 0.734. The van der Waals surface area contributed by atoms with Gasteiger partial charge in [-0.15, -0.1) is 0 Å². The van der Waals surface area contributed by atoms with Crippen LogP contribution in [0.25, 0.3) is 0 Å². The maximum atomic E-state index is 11.7. The van der Waals surface area contributed by atoms with Crippen molar-refractivity contribution in [2.24, 2.45) is 5.92 Å². The summed E-state index contributed by atoms with van der Waals surface area (Å²) < 4.78 is 0. The standard InChI is InChI=1S/C12H22N2OS/c1-16-9-12(15)14-7-4-10(5-8-14)11-3-2-6-13-11/h10-11,13H,2-9H2,1H3. The summed E-state index contributed by atoms with van der Waals surface area (Å²) in [5.41, 5.74) is 0. The van der Waals surface area contributed by atoms with E-state index in [4.69, 9.17) is 0 Å². The molecule has 3 nitrogen and oxygen atoms in total. The zero-order chi connectivity index (χ0) is 11.4. The molecule has 1 unspecified atom stereocenters. The Kier molecular flexibility index (Phi) is 4.53. The molecule has 2 rings (SSSR count). The van der Waals surface area contributed by atoms with Gasteiger partial charge in [-0.2, -0.15) is 11.8 Å². The molecule has 2 heterocycles. The molecule has 1 amide bonds. The van der Waals surface area contributed by atoms with Crippen LogP contribution in [0.4, 0.5) is 0 Å². The Morgan fingerprint density at radius 3 is 2.69 bits per heavy atom. The summed E-state index contributed by atoms with van der Waals surface area (Å²) in [7, 11) is 0. The molecule has 92 valence electrons. The number of likely N-dealkylation sites (tertiary alicyclic amines) is 1. The number of rotatable bonds is 3. The van der Waals surface area contributed by atoms with Crippen molar-refractivity contribution in [3.8, 4) is 0 Å². The van der Waals surface area contributed by atoms with E-state index in [0.29, 0.717) is 11.7 Å². The molecule has 0 aliphatic carbocycles. The highest BCUT2D eigenvalue weighted by atomic mass is 32.2. The van der Waals surface area contributed by atoms with Crippen LogP contribution in [0.15, 0.2) is 0 Å². The first-order valence-corrected chi connectivity index (χ1v) is 7.70. The van der Waals surface area contributed by atoms with E-state index in [1.165, 1.54) is 32.2 Å². The van der Waals surface area contributed by atoms with Crippen molar-refractivity contribution in [1.29, 1.82) is 0 Å². The first-order valence-electron chi connectivity index (χ1n) is 6.31. The van der Waals surface area contributed by atoms with Crippen molar-refractivity contribution >= 4 is 17.7 Å². The Hall–Kier alpha value is -0.220. The Balaban J connectivity index is 1.75. The van der Waals surface area contributed by atoms with Crippen LogP contribution in [0, 0.1) is 5.92 Å². The second-order valence-corrected chi connectivity index (χ2v) is 5.72. The number of carbonyl (C=O) groups excluding carboxylic acids is 1. The molecule has 2 aliphatic heterocycles. The maximum Gasteiger partial charge on any atom is 0.232 e. The second kappa shape index (κ2) is 5.92. The van der Waals surface area contributed by atoms with Gasteiger partial charge in [-0.3, -0.25) is 4.79 Å². The Morgan fingerprint density at radius 1 is 1.38 bits per heavy atom. The van der Waals surface area contributed by atoms with Crippen molar-refractivity contribution in [2.75, 3.05) is 31.6 Å². The van der Waals surface area contributed by atoms with Crippen LogP contribution < -0.4 is 5.32 Å². The molecule has 0 spiro atoms. The zero-order valence-corrected chi connectivity index (χ0v) is 10.9. The van der Waals surface area contributed by atoms with E-state index in [1.54, 1.807) is 11.8 Å². The van der Waals surface area contributed by atoms with Crippen LogP contribution in [0.3, 0.4) is 0 Å². The van der Waals surface area contributed by atoms with Gasteiger partial charge in [0.15, 0.2) is 0 Å². The van der Waals surface area contributed by atoms with Crippen LogP contribution in [0.5, 0.6) is 0 Å². The first-order chi connectivity index (χ1) is 7.81. The number of amides is 1. The van der Waals surface area contributed by atoms with E-state index in [0.717, 1.165) is 25.0 Å². The fourth-order valence-corrected chi connectivity index (χ4v) is 3.31. The molecule has 1 N–H and O–H groups in total. The Labute approximate surface area is 102 Å². The lowest BCUT2D eigenvalue weighted by atomic mass is 9.88. The van der Waals surface area contributed by atoms with E-state index in [9.17, 15) is 4.79 Å². The molecular weight excluding hydrogens is 220 g/mol. The minimum atomic E-state index is 0.324. The van der Waals surface area contributed by atoms with Crippen LogP contribution in [0.2, 0.25) is 0 Å². The average molecular weight is 242 g/mol. The second-order valence-electron chi connectivity index (χ2n) is 4.85. The fourth-order valence-electron chi connectivity index (χ4n) is 2.88. The Morgan fingerprint density at radius 2 is 2.12 bits per heavy atom. The highest BCUT2D eigenvalue weighted by molar-refractivity contribution is 7.99. The number of nitrogens with zero attached hydrogens (tertiary/aromatic N) is 1. The number of hydrogen-bond acceptors (Lipinski definition) is 3. The summed E-state index contributed by atoms with van der Waals surface area (Å²) >= 11 is 1.63. The quantitative estimate of drug-likeness (QED) is 0.810.